The lowest BCUT2D eigenvalue weighted by Crippen LogP contribution is -2.40. The molecule has 1 aliphatic heterocycles. The minimum atomic E-state index is -0.274. The number of benzene rings is 2. The average molecular weight is 383 g/mol. The number of morpholine rings is 1. The number of nitrogens with zero attached hydrogens (tertiary/aromatic N) is 2. The molecule has 2 aromatic rings. The molecule has 0 aromatic heterocycles. The molecule has 0 bridgehead atoms. The molecular formula is C22H29N3O3. The Morgan fingerprint density at radius 3 is 2.71 bits per heavy atom. The van der Waals surface area contributed by atoms with Crippen LogP contribution in [0.5, 0.6) is 5.75 Å². The Bertz CT molecular complexity index is 790. The first-order valence-electron chi connectivity index (χ1n) is 9.64. The number of carbonyl (C=O) groups excluding carboxylic acids is 1. The quantitative estimate of drug-likeness (QED) is 0.797. The topological polar surface area (TPSA) is 54.0 Å². The van der Waals surface area contributed by atoms with Crippen LogP contribution in [0, 0.1) is 0 Å². The highest BCUT2D eigenvalue weighted by atomic mass is 16.5. The number of methoxy groups -OCH3 is 1. The third-order valence-corrected chi connectivity index (χ3v) is 5.14. The van der Waals surface area contributed by atoms with Gasteiger partial charge in [0.2, 0.25) is 5.91 Å². The molecule has 1 fully saturated rings. The first-order chi connectivity index (χ1) is 13.6. The number of para-hydroxylation sites is 1. The van der Waals surface area contributed by atoms with E-state index < -0.39 is 0 Å². The molecule has 1 N–H and O–H groups in total. The number of amides is 1. The summed E-state index contributed by atoms with van der Waals surface area (Å²) in [7, 11) is 3.59. The second kappa shape index (κ2) is 9.57. The van der Waals surface area contributed by atoms with Crippen LogP contribution in [-0.4, -0.2) is 57.3 Å². The molecule has 2 aromatic carbocycles. The van der Waals surface area contributed by atoms with Crippen molar-refractivity contribution in [2.45, 2.75) is 19.5 Å². The van der Waals surface area contributed by atoms with E-state index in [2.05, 4.69) is 33.3 Å². The van der Waals surface area contributed by atoms with Gasteiger partial charge in [-0.05, 0) is 37.7 Å². The molecule has 1 aliphatic rings. The molecule has 0 spiro atoms. The highest BCUT2D eigenvalue weighted by molar-refractivity contribution is 5.94. The maximum Gasteiger partial charge on any atom is 0.241 e. The van der Waals surface area contributed by atoms with Crippen molar-refractivity contribution >= 4 is 17.3 Å². The smallest absolute Gasteiger partial charge is 0.241 e. The van der Waals surface area contributed by atoms with Gasteiger partial charge in [-0.1, -0.05) is 24.3 Å². The molecule has 0 radical (unpaired) electrons. The van der Waals surface area contributed by atoms with E-state index in [1.54, 1.807) is 7.11 Å². The molecule has 28 heavy (non-hydrogen) atoms. The van der Waals surface area contributed by atoms with Crippen LogP contribution in [0.15, 0.2) is 48.5 Å². The first-order valence-corrected chi connectivity index (χ1v) is 9.64. The molecule has 150 valence electrons. The van der Waals surface area contributed by atoms with E-state index in [-0.39, 0.29) is 11.9 Å². The summed E-state index contributed by atoms with van der Waals surface area (Å²) in [6, 6.07) is 15.5. The molecule has 6 nitrogen and oxygen atoms in total. The van der Waals surface area contributed by atoms with Gasteiger partial charge in [0.15, 0.2) is 0 Å². The van der Waals surface area contributed by atoms with E-state index >= 15 is 0 Å². The number of likely N-dealkylation sites (N-methyl/N-ethyl adjacent to an activating group) is 1. The van der Waals surface area contributed by atoms with Crippen LogP contribution in [0.25, 0.3) is 0 Å². The minimum absolute atomic E-state index is 0.0420. The standard InChI is InChI=1S/C22H29N3O3/c1-17(22(26)23-19-8-6-9-20(15-19)27-3)24(2)16-18-7-4-5-10-21(18)25-11-13-28-14-12-25/h4-10,15,17H,11-14,16H2,1-3H3,(H,23,26)/t17-/m0/s1. The predicted molar refractivity (Wildman–Crippen MR) is 112 cm³/mol. The fourth-order valence-corrected chi connectivity index (χ4v) is 3.31. The Labute approximate surface area is 167 Å². The summed E-state index contributed by atoms with van der Waals surface area (Å²) >= 11 is 0. The lowest BCUT2D eigenvalue weighted by molar-refractivity contribution is -0.120. The van der Waals surface area contributed by atoms with Crippen molar-refractivity contribution in [2.24, 2.45) is 0 Å². The number of hydrogen-bond donors (Lipinski definition) is 1. The number of ether oxygens (including phenoxy) is 2. The van der Waals surface area contributed by atoms with Crippen molar-refractivity contribution in [1.29, 1.82) is 0 Å². The summed E-state index contributed by atoms with van der Waals surface area (Å²) in [5, 5.41) is 2.97. The zero-order valence-electron chi connectivity index (χ0n) is 16.9. The van der Waals surface area contributed by atoms with E-state index in [1.165, 1.54) is 11.3 Å². The van der Waals surface area contributed by atoms with Gasteiger partial charge in [0, 0.05) is 37.1 Å². The number of carbonyl (C=O) groups is 1. The predicted octanol–water partition coefficient (Wildman–Crippen LogP) is 2.99. The lowest BCUT2D eigenvalue weighted by atomic mass is 10.1. The Balaban J connectivity index is 1.65. The SMILES string of the molecule is COc1cccc(NC(=O)[C@H](C)N(C)Cc2ccccc2N2CCOCC2)c1. The maximum atomic E-state index is 12.7. The Morgan fingerprint density at radius 1 is 1.21 bits per heavy atom. The molecular weight excluding hydrogens is 354 g/mol. The largest absolute Gasteiger partial charge is 0.497 e. The Kier molecular flexibility index (Phi) is 6.90. The van der Waals surface area contributed by atoms with Crippen LogP contribution in [0.4, 0.5) is 11.4 Å². The summed E-state index contributed by atoms with van der Waals surface area (Å²) in [5.74, 6) is 0.679. The van der Waals surface area contributed by atoms with E-state index in [4.69, 9.17) is 9.47 Å². The van der Waals surface area contributed by atoms with Crippen molar-refractivity contribution < 1.29 is 14.3 Å². The summed E-state index contributed by atoms with van der Waals surface area (Å²) in [4.78, 5) is 17.1. The van der Waals surface area contributed by atoms with Crippen LogP contribution in [0.2, 0.25) is 0 Å². The minimum Gasteiger partial charge on any atom is -0.497 e. The molecule has 0 saturated carbocycles. The lowest BCUT2D eigenvalue weighted by Gasteiger charge is -2.32. The maximum absolute atomic E-state index is 12.7. The van der Waals surface area contributed by atoms with Crippen molar-refractivity contribution in [3.63, 3.8) is 0 Å². The van der Waals surface area contributed by atoms with Gasteiger partial charge >= 0.3 is 0 Å². The van der Waals surface area contributed by atoms with Gasteiger partial charge in [-0.15, -0.1) is 0 Å². The van der Waals surface area contributed by atoms with Gasteiger partial charge in [-0.25, -0.2) is 0 Å². The fraction of sp³-hybridized carbons (Fsp3) is 0.409. The molecule has 6 heteroatoms. The van der Waals surface area contributed by atoms with Crippen molar-refractivity contribution in [3.8, 4) is 5.75 Å². The van der Waals surface area contributed by atoms with Crippen LogP contribution in [0.1, 0.15) is 12.5 Å². The highest BCUT2D eigenvalue weighted by Gasteiger charge is 2.21. The average Bonchev–Trinajstić information content (AvgIpc) is 2.74. The Morgan fingerprint density at radius 2 is 1.96 bits per heavy atom. The van der Waals surface area contributed by atoms with E-state index in [0.717, 1.165) is 37.7 Å². The molecule has 3 rings (SSSR count). The van der Waals surface area contributed by atoms with Crippen LogP contribution in [-0.2, 0) is 16.1 Å². The first kappa shape index (κ1) is 20.2. The van der Waals surface area contributed by atoms with Crippen molar-refractivity contribution in [1.82, 2.24) is 4.90 Å². The zero-order chi connectivity index (χ0) is 19.9. The molecule has 0 unspecified atom stereocenters. The number of anilines is 2. The normalized spacial score (nSPS) is 15.4. The van der Waals surface area contributed by atoms with Crippen molar-refractivity contribution in [3.05, 3.63) is 54.1 Å². The fourth-order valence-electron chi connectivity index (χ4n) is 3.31. The molecule has 1 amide bonds. The Hall–Kier alpha value is -2.57. The van der Waals surface area contributed by atoms with Gasteiger partial charge in [0.1, 0.15) is 5.75 Å². The number of rotatable bonds is 7. The van der Waals surface area contributed by atoms with E-state index in [9.17, 15) is 4.79 Å². The van der Waals surface area contributed by atoms with Crippen molar-refractivity contribution in [2.75, 3.05) is 50.7 Å². The molecule has 0 aliphatic carbocycles. The second-order valence-electron chi connectivity index (χ2n) is 7.04. The van der Waals surface area contributed by atoms with Crippen LogP contribution in [0.3, 0.4) is 0 Å². The van der Waals surface area contributed by atoms with Gasteiger partial charge in [0.05, 0.1) is 26.4 Å². The molecule has 1 atom stereocenters. The summed E-state index contributed by atoms with van der Waals surface area (Å²) in [5.41, 5.74) is 3.17. The van der Waals surface area contributed by atoms with Gasteiger partial charge in [-0.3, -0.25) is 9.69 Å². The van der Waals surface area contributed by atoms with Crippen LogP contribution < -0.4 is 15.0 Å². The molecule has 1 heterocycles. The third-order valence-electron chi connectivity index (χ3n) is 5.14. The van der Waals surface area contributed by atoms with Gasteiger partial charge in [-0.2, -0.15) is 0 Å². The van der Waals surface area contributed by atoms with Gasteiger partial charge in [0.25, 0.3) is 0 Å². The molecule has 1 saturated heterocycles. The highest BCUT2D eigenvalue weighted by Crippen LogP contribution is 2.23. The van der Waals surface area contributed by atoms with Gasteiger partial charge < -0.3 is 19.7 Å². The summed E-state index contributed by atoms with van der Waals surface area (Å²) in [6.45, 7) is 5.92. The monoisotopic (exact) mass is 383 g/mol. The number of nitrogens with one attached hydrogen (secondary N) is 1. The summed E-state index contributed by atoms with van der Waals surface area (Å²) in [6.07, 6.45) is 0. The zero-order valence-corrected chi connectivity index (χ0v) is 16.9. The third kappa shape index (κ3) is 5.03. The van der Waals surface area contributed by atoms with E-state index in [0.29, 0.717) is 6.54 Å². The van der Waals surface area contributed by atoms with E-state index in [1.807, 2.05) is 44.3 Å². The number of hydrogen-bond acceptors (Lipinski definition) is 5. The summed E-state index contributed by atoms with van der Waals surface area (Å²) < 4.78 is 10.7. The van der Waals surface area contributed by atoms with Crippen LogP contribution >= 0.6 is 0 Å². The second-order valence-corrected chi connectivity index (χ2v) is 7.04.